The Hall–Kier alpha value is -1.36. The molecule has 1 aromatic heterocycles. The first-order valence-corrected chi connectivity index (χ1v) is 9.03. The molecular weight excluding hydrogens is 296 g/mol. The average Bonchev–Trinajstić information content (AvgIpc) is 3.03. The van der Waals surface area contributed by atoms with Gasteiger partial charge in [0.05, 0.1) is 12.0 Å². The zero-order valence-electron chi connectivity index (χ0n) is 13.3. The first-order chi connectivity index (χ1) is 10.6. The Labute approximate surface area is 136 Å². The largest absolute Gasteiger partial charge is 0.342 e. The Morgan fingerprint density at radius 1 is 1.36 bits per heavy atom. The maximum absolute atomic E-state index is 13.0. The van der Waals surface area contributed by atoms with Crippen LogP contribution in [0.25, 0.3) is 0 Å². The highest BCUT2D eigenvalue weighted by Crippen LogP contribution is 2.39. The summed E-state index contributed by atoms with van der Waals surface area (Å²) >= 11 is 1.64. The van der Waals surface area contributed by atoms with Gasteiger partial charge in [0.25, 0.3) is 0 Å². The van der Waals surface area contributed by atoms with Crippen LogP contribution in [-0.2, 0) is 9.59 Å². The number of nitrogens with zero attached hydrogens (tertiary/aromatic N) is 2. The molecule has 22 heavy (non-hydrogen) atoms. The van der Waals surface area contributed by atoms with Crippen molar-refractivity contribution in [3.8, 4) is 0 Å². The molecule has 2 saturated heterocycles. The molecule has 0 aliphatic carbocycles. The Kier molecular flexibility index (Phi) is 4.52. The molecule has 2 fully saturated rings. The average molecular weight is 320 g/mol. The Morgan fingerprint density at radius 2 is 2.18 bits per heavy atom. The van der Waals surface area contributed by atoms with Crippen LogP contribution < -0.4 is 0 Å². The molecule has 0 saturated carbocycles. The molecule has 0 N–H and O–H groups in total. The van der Waals surface area contributed by atoms with Crippen LogP contribution >= 0.6 is 11.3 Å². The van der Waals surface area contributed by atoms with Gasteiger partial charge in [-0.25, -0.2) is 0 Å². The standard InChI is InChI=1S/C17H24N2O2S/c1-12-5-3-9-19(11-12)17(21)13-7-8-15(20)18(2)16(13)14-6-4-10-22-14/h4,6,10,12-13,16H,3,5,7-9,11H2,1-2H3/t12-,13-,16+/m1/s1. The summed E-state index contributed by atoms with van der Waals surface area (Å²) in [4.78, 5) is 30.1. The Bertz CT molecular complexity index is 543. The van der Waals surface area contributed by atoms with E-state index in [1.807, 2.05) is 29.5 Å². The number of hydrogen-bond donors (Lipinski definition) is 0. The number of carbonyl (C=O) groups is 2. The number of piperidine rings is 2. The van der Waals surface area contributed by atoms with Gasteiger partial charge in [-0.05, 0) is 36.6 Å². The van der Waals surface area contributed by atoms with Crippen molar-refractivity contribution in [2.24, 2.45) is 11.8 Å². The van der Waals surface area contributed by atoms with E-state index in [9.17, 15) is 9.59 Å². The zero-order chi connectivity index (χ0) is 15.7. The third-order valence-corrected chi connectivity index (χ3v) is 5.92. The van der Waals surface area contributed by atoms with Crippen molar-refractivity contribution in [2.75, 3.05) is 20.1 Å². The van der Waals surface area contributed by atoms with Crippen molar-refractivity contribution in [1.82, 2.24) is 9.80 Å². The third-order valence-electron chi connectivity index (χ3n) is 4.98. The summed E-state index contributed by atoms with van der Waals surface area (Å²) in [5.41, 5.74) is 0. The van der Waals surface area contributed by atoms with Crippen molar-refractivity contribution in [3.05, 3.63) is 22.4 Å². The van der Waals surface area contributed by atoms with Crippen molar-refractivity contribution in [2.45, 2.75) is 38.6 Å². The van der Waals surface area contributed by atoms with Gasteiger partial charge >= 0.3 is 0 Å². The van der Waals surface area contributed by atoms with E-state index in [1.54, 1.807) is 16.2 Å². The lowest BCUT2D eigenvalue weighted by Gasteiger charge is -2.41. The molecule has 3 atom stereocenters. The monoisotopic (exact) mass is 320 g/mol. The summed E-state index contributed by atoms with van der Waals surface area (Å²) < 4.78 is 0. The van der Waals surface area contributed by atoms with E-state index >= 15 is 0 Å². The number of hydrogen-bond acceptors (Lipinski definition) is 3. The minimum Gasteiger partial charge on any atom is -0.342 e. The lowest BCUT2D eigenvalue weighted by molar-refractivity contribution is -0.147. The molecule has 1 aromatic rings. The Morgan fingerprint density at radius 3 is 2.86 bits per heavy atom. The van der Waals surface area contributed by atoms with E-state index in [0.717, 1.165) is 24.4 Å². The minimum absolute atomic E-state index is 0.0911. The molecule has 3 heterocycles. The number of likely N-dealkylation sites (tertiary alicyclic amines) is 2. The summed E-state index contributed by atoms with van der Waals surface area (Å²) in [6, 6.07) is 3.95. The molecule has 0 spiro atoms. The normalized spacial score (nSPS) is 29.7. The molecule has 2 aliphatic rings. The van der Waals surface area contributed by atoms with Gasteiger partial charge in [0.1, 0.15) is 0 Å². The lowest BCUT2D eigenvalue weighted by atomic mass is 9.86. The zero-order valence-corrected chi connectivity index (χ0v) is 14.1. The number of amides is 2. The second kappa shape index (κ2) is 6.41. The van der Waals surface area contributed by atoms with Gasteiger partial charge in [-0.2, -0.15) is 0 Å². The third kappa shape index (κ3) is 2.91. The highest BCUT2D eigenvalue weighted by atomic mass is 32.1. The molecule has 3 rings (SSSR count). The van der Waals surface area contributed by atoms with Crippen LogP contribution in [0.1, 0.15) is 43.5 Å². The minimum atomic E-state index is -0.0917. The molecule has 0 unspecified atom stereocenters. The van der Waals surface area contributed by atoms with Crippen LogP contribution in [0.5, 0.6) is 0 Å². The summed E-state index contributed by atoms with van der Waals surface area (Å²) in [6.45, 7) is 3.95. The molecule has 120 valence electrons. The summed E-state index contributed by atoms with van der Waals surface area (Å²) in [5, 5.41) is 2.02. The highest BCUT2D eigenvalue weighted by molar-refractivity contribution is 7.10. The molecule has 0 radical (unpaired) electrons. The molecule has 0 aromatic carbocycles. The molecular formula is C17H24N2O2S. The second-order valence-electron chi connectivity index (χ2n) is 6.64. The van der Waals surface area contributed by atoms with Gasteiger partial charge in [0.15, 0.2) is 0 Å². The number of rotatable bonds is 2. The smallest absolute Gasteiger partial charge is 0.228 e. The SMILES string of the molecule is C[C@@H]1CCCN(C(=O)[C@@H]2CCC(=O)N(C)[C@@H]2c2cccs2)C1. The maximum atomic E-state index is 13.0. The molecule has 4 nitrogen and oxygen atoms in total. The van der Waals surface area contributed by atoms with E-state index in [2.05, 4.69) is 6.92 Å². The summed E-state index contributed by atoms with van der Waals surface area (Å²) in [6.07, 6.45) is 3.47. The molecule has 2 aliphatic heterocycles. The van der Waals surface area contributed by atoms with E-state index in [4.69, 9.17) is 0 Å². The first kappa shape index (κ1) is 15.5. The van der Waals surface area contributed by atoms with Gasteiger partial charge in [-0.15, -0.1) is 11.3 Å². The van der Waals surface area contributed by atoms with Crippen LogP contribution in [0.2, 0.25) is 0 Å². The Balaban J connectivity index is 1.83. The van der Waals surface area contributed by atoms with Crippen LogP contribution in [0.3, 0.4) is 0 Å². The summed E-state index contributed by atoms with van der Waals surface area (Å²) in [5.74, 6) is 0.881. The van der Waals surface area contributed by atoms with Crippen LogP contribution in [0.15, 0.2) is 17.5 Å². The van der Waals surface area contributed by atoms with Crippen LogP contribution in [-0.4, -0.2) is 41.8 Å². The predicted octanol–water partition coefficient (Wildman–Crippen LogP) is 2.92. The quantitative estimate of drug-likeness (QED) is 0.840. The number of thiophene rings is 1. The van der Waals surface area contributed by atoms with Gasteiger partial charge in [0.2, 0.25) is 11.8 Å². The topological polar surface area (TPSA) is 40.6 Å². The van der Waals surface area contributed by atoms with Crippen molar-refractivity contribution < 1.29 is 9.59 Å². The van der Waals surface area contributed by atoms with E-state index in [0.29, 0.717) is 18.8 Å². The van der Waals surface area contributed by atoms with Gasteiger partial charge in [-0.3, -0.25) is 9.59 Å². The maximum Gasteiger partial charge on any atom is 0.228 e. The first-order valence-electron chi connectivity index (χ1n) is 8.15. The highest BCUT2D eigenvalue weighted by Gasteiger charge is 2.41. The molecule has 5 heteroatoms. The van der Waals surface area contributed by atoms with Crippen LogP contribution in [0, 0.1) is 11.8 Å². The van der Waals surface area contributed by atoms with E-state index in [1.165, 1.54) is 6.42 Å². The van der Waals surface area contributed by atoms with Gasteiger partial charge in [-0.1, -0.05) is 13.0 Å². The van der Waals surface area contributed by atoms with Crippen molar-refractivity contribution in [1.29, 1.82) is 0 Å². The van der Waals surface area contributed by atoms with E-state index < -0.39 is 0 Å². The van der Waals surface area contributed by atoms with Gasteiger partial charge < -0.3 is 9.80 Å². The van der Waals surface area contributed by atoms with Gasteiger partial charge in [0, 0.05) is 31.4 Å². The lowest BCUT2D eigenvalue weighted by Crippen LogP contribution is -2.49. The van der Waals surface area contributed by atoms with Crippen LogP contribution in [0.4, 0.5) is 0 Å². The molecule has 0 bridgehead atoms. The van der Waals surface area contributed by atoms with E-state index in [-0.39, 0.29) is 23.8 Å². The fraction of sp³-hybridized carbons (Fsp3) is 0.647. The summed E-state index contributed by atoms with van der Waals surface area (Å²) in [7, 11) is 1.84. The predicted molar refractivity (Wildman–Crippen MR) is 87.5 cm³/mol. The fourth-order valence-corrected chi connectivity index (χ4v) is 4.70. The second-order valence-corrected chi connectivity index (χ2v) is 7.62. The van der Waals surface area contributed by atoms with Crippen molar-refractivity contribution in [3.63, 3.8) is 0 Å². The number of carbonyl (C=O) groups excluding carboxylic acids is 2. The fourth-order valence-electron chi connectivity index (χ4n) is 3.77. The molecule has 2 amide bonds. The van der Waals surface area contributed by atoms with Crippen molar-refractivity contribution >= 4 is 23.2 Å².